The van der Waals surface area contributed by atoms with E-state index in [-0.39, 0.29) is 56.9 Å². The first-order valence-electron chi connectivity index (χ1n) is 17.0. The van der Waals surface area contributed by atoms with Gasteiger partial charge < -0.3 is 26.8 Å². The van der Waals surface area contributed by atoms with Gasteiger partial charge in [0.05, 0.1) is 11.9 Å². The van der Waals surface area contributed by atoms with Gasteiger partial charge in [-0.25, -0.2) is 8.42 Å². The summed E-state index contributed by atoms with van der Waals surface area (Å²) in [6.45, 7) is 5.36. The summed E-state index contributed by atoms with van der Waals surface area (Å²) in [6.07, 6.45) is 6.02. The van der Waals surface area contributed by atoms with Gasteiger partial charge >= 0.3 is 0 Å². The second-order valence-electron chi connectivity index (χ2n) is 12.7. The molecule has 0 fully saturated rings. The summed E-state index contributed by atoms with van der Waals surface area (Å²) in [7, 11) is -4.06. The minimum absolute atomic E-state index is 0.0589. The first-order valence-corrected chi connectivity index (χ1v) is 18.6. The lowest BCUT2D eigenvalue weighted by Crippen LogP contribution is -2.50. The molecule has 0 aliphatic rings. The summed E-state index contributed by atoms with van der Waals surface area (Å²) in [5.41, 5.74) is 6.85. The summed E-state index contributed by atoms with van der Waals surface area (Å²) < 4.78 is 26.6. The summed E-state index contributed by atoms with van der Waals surface area (Å²) >= 11 is 0. The van der Waals surface area contributed by atoms with Gasteiger partial charge in [0.1, 0.15) is 12.1 Å². The van der Waals surface area contributed by atoms with Gasteiger partial charge in [-0.05, 0) is 42.4 Å². The quantitative estimate of drug-likeness (QED) is 0.0987. The number of nitrogens with two attached hydrogens (primary N) is 1. The van der Waals surface area contributed by atoms with Crippen molar-refractivity contribution in [3.8, 4) is 0 Å². The van der Waals surface area contributed by atoms with Crippen molar-refractivity contribution in [3.63, 3.8) is 0 Å². The Labute approximate surface area is 300 Å². The highest BCUT2D eigenvalue weighted by molar-refractivity contribution is 7.90. The molecule has 0 radical (unpaired) electrons. The number of sulfonamides is 1. The number of aliphatic hydroxyl groups excluding tert-OH is 1. The standard InChI is InChI=1S/C37H51N5O8S/c1-26(2)24-30(37(48)42-51(49,50)23-11-17-33(38)44)40-35(46)21-22-39-36(47)31(25-29-14-8-5-9-15-29)41-34(45)18-10-16-32(43)27(3)19-20-28-12-6-4-7-13-28/h4-10,12-15,18-20,26-27,30-32,43H,11,16-17,21-25H2,1-3H3,(H2,38,44)(H,39,47)(H,40,46)(H,41,45)(H,42,48)/b18-10+,20-19+/t27-,30+,31-,32+/m1/s1. The Morgan fingerprint density at radius 2 is 1.51 bits per heavy atom. The van der Waals surface area contributed by atoms with Crippen molar-refractivity contribution in [2.75, 3.05) is 12.3 Å². The van der Waals surface area contributed by atoms with Crippen LogP contribution >= 0.6 is 0 Å². The lowest BCUT2D eigenvalue weighted by molar-refractivity contribution is -0.129. The van der Waals surface area contributed by atoms with E-state index in [9.17, 15) is 37.5 Å². The van der Waals surface area contributed by atoms with Crippen LogP contribution < -0.4 is 26.4 Å². The second-order valence-corrected chi connectivity index (χ2v) is 14.6. The average Bonchev–Trinajstić information content (AvgIpc) is 3.06. The van der Waals surface area contributed by atoms with E-state index in [1.165, 1.54) is 6.08 Å². The van der Waals surface area contributed by atoms with Crippen LogP contribution in [0.15, 0.2) is 78.9 Å². The Bertz CT molecular complexity index is 1600. The fourth-order valence-corrected chi connectivity index (χ4v) is 5.94. The minimum Gasteiger partial charge on any atom is -0.392 e. The summed E-state index contributed by atoms with van der Waals surface area (Å²) in [5, 5.41) is 18.4. The third-order valence-corrected chi connectivity index (χ3v) is 9.00. The Hall–Kier alpha value is -4.82. The molecule has 278 valence electrons. The third-order valence-electron chi connectivity index (χ3n) is 7.66. The van der Waals surface area contributed by atoms with E-state index in [1.54, 1.807) is 32.1 Å². The topological polar surface area (TPSA) is 214 Å². The first kappa shape index (κ1) is 42.3. The number of amides is 5. The number of carbonyl (C=O) groups excluding carboxylic acids is 5. The van der Waals surface area contributed by atoms with Gasteiger partial charge in [0.2, 0.25) is 33.7 Å². The number of carbonyl (C=O) groups is 5. The zero-order valence-corrected chi connectivity index (χ0v) is 30.2. The van der Waals surface area contributed by atoms with Crippen LogP contribution in [0.3, 0.4) is 0 Å². The van der Waals surface area contributed by atoms with Crippen molar-refractivity contribution in [2.45, 2.75) is 77.5 Å². The van der Waals surface area contributed by atoms with Gasteiger partial charge in [0.25, 0.3) is 5.91 Å². The van der Waals surface area contributed by atoms with Crippen LogP contribution in [-0.2, 0) is 40.4 Å². The van der Waals surface area contributed by atoms with Crippen molar-refractivity contribution >= 4 is 45.6 Å². The van der Waals surface area contributed by atoms with Crippen LogP contribution in [0.2, 0.25) is 0 Å². The molecular formula is C37H51N5O8S. The lowest BCUT2D eigenvalue weighted by Gasteiger charge is -2.21. The van der Waals surface area contributed by atoms with E-state index in [1.807, 2.05) is 72.3 Å². The maximum atomic E-state index is 13.2. The van der Waals surface area contributed by atoms with Crippen LogP contribution in [0.1, 0.15) is 64.0 Å². The number of aliphatic hydroxyl groups is 1. The number of nitrogens with one attached hydrogen (secondary N) is 4. The van der Waals surface area contributed by atoms with Crippen LogP contribution in [0.4, 0.5) is 0 Å². The molecule has 4 atom stereocenters. The second kappa shape index (κ2) is 22.1. The fraction of sp³-hybridized carbons (Fsp3) is 0.432. The van der Waals surface area contributed by atoms with Gasteiger partial charge in [0, 0.05) is 31.7 Å². The molecule has 5 amide bonds. The molecule has 14 heteroatoms. The molecule has 0 spiro atoms. The number of primary amides is 1. The van der Waals surface area contributed by atoms with E-state index < -0.39 is 63.5 Å². The minimum atomic E-state index is -4.06. The average molecular weight is 726 g/mol. The molecular weight excluding hydrogens is 675 g/mol. The predicted molar refractivity (Wildman–Crippen MR) is 196 cm³/mol. The predicted octanol–water partition coefficient (Wildman–Crippen LogP) is 2.12. The molecule has 2 aromatic rings. The summed E-state index contributed by atoms with van der Waals surface area (Å²) in [5.74, 6) is -3.97. The molecule has 0 bridgehead atoms. The Morgan fingerprint density at radius 1 is 0.863 bits per heavy atom. The highest BCUT2D eigenvalue weighted by Crippen LogP contribution is 2.13. The van der Waals surface area contributed by atoms with Crippen molar-refractivity contribution in [1.82, 2.24) is 20.7 Å². The van der Waals surface area contributed by atoms with E-state index >= 15 is 0 Å². The molecule has 0 aliphatic heterocycles. The van der Waals surface area contributed by atoms with Crippen molar-refractivity contribution in [2.24, 2.45) is 17.6 Å². The molecule has 0 saturated carbocycles. The lowest BCUT2D eigenvalue weighted by atomic mass is 10.00. The van der Waals surface area contributed by atoms with Crippen molar-refractivity contribution in [1.29, 1.82) is 0 Å². The van der Waals surface area contributed by atoms with E-state index in [0.29, 0.717) is 0 Å². The third kappa shape index (κ3) is 18.1. The normalized spacial score (nSPS) is 14.1. The van der Waals surface area contributed by atoms with E-state index in [2.05, 4.69) is 16.0 Å². The van der Waals surface area contributed by atoms with Gasteiger partial charge in [-0.1, -0.05) is 99.7 Å². The number of hydrogen-bond acceptors (Lipinski definition) is 8. The highest BCUT2D eigenvalue weighted by atomic mass is 32.2. The number of hydrogen-bond donors (Lipinski definition) is 6. The summed E-state index contributed by atoms with van der Waals surface area (Å²) in [4.78, 5) is 62.5. The SMILES string of the molecule is CC(C)C[C@H](NC(=O)CCNC(=O)[C@@H](Cc1ccccc1)NC(=O)/C=C/C[C@H](O)[C@H](C)/C=C/c1ccccc1)C(=O)NS(=O)(=O)CCCC(N)=O. The van der Waals surface area contributed by atoms with Crippen LogP contribution in [0, 0.1) is 11.8 Å². The molecule has 2 aromatic carbocycles. The summed E-state index contributed by atoms with van der Waals surface area (Å²) in [6, 6.07) is 16.6. The first-order chi connectivity index (χ1) is 24.1. The van der Waals surface area contributed by atoms with Gasteiger partial charge in [-0.2, -0.15) is 0 Å². The molecule has 0 unspecified atom stereocenters. The Morgan fingerprint density at radius 3 is 2.14 bits per heavy atom. The largest absolute Gasteiger partial charge is 0.392 e. The van der Waals surface area contributed by atoms with Gasteiger partial charge in [-0.15, -0.1) is 0 Å². The zero-order valence-electron chi connectivity index (χ0n) is 29.4. The maximum Gasteiger partial charge on any atom is 0.256 e. The van der Waals surface area contributed by atoms with Crippen molar-refractivity contribution < 1.29 is 37.5 Å². The van der Waals surface area contributed by atoms with Crippen LogP contribution in [0.5, 0.6) is 0 Å². The highest BCUT2D eigenvalue weighted by Gasteiger charge is 2.26. The Balaban J connectivity index is 1.95. The van der Waals surface area contributed by atoms with E-state index in [4.69, 9.17) is 5.73 Å². The molecule has 0 aliphatic carbocycles. The monoisotopic (exact) mass is 725 g/mol. The Kier molecular flexibility index (Phi) is 18.3. The number of benzene rings is 2. The van der Waals surface area contributed by atoms with Gasteiger partial charge in [0.15, 0.2) is 0 Å². The maximum absolute atomic E-state index is 13.2. The molecule has 7 N–H and O–H groups in total. The van der Waals surface area contributed by atoms with E-state index in [0.717, 1.165) is 11.1 Å². The molecule has 0 saturated heterocycles. The molecule has 51 heavy (non-hydrogen) atoms. The van der Waals surface area contributed by atoms with Crippen LogP contribution in [0.25, 0.3) is 6.08 Å². The fourth-order valence-electron chi connectivity index (χ4n) is 4.87. The number of rotatable bonds is 22. The van der Waals surface area contributed by atoms with Crippen molar-refractivity contribution in [3.05, 3.63) is 90.0 Å². The van der Waals surface area contributed by atoms with Gasteiger partial charge in [-0.3, -0.25) is 28.7 Å². The van der Waals surface area contributed by atoms with Crippen LogP contribution in [-0.4, -0.2) is 73.5 Å². The molecule has 13 nitrogen and oxygen atoms in total. The molecule has 0 aromatic heterocycles. The zero-order chi connectivity index (χ0) is 37.8. The molecule has 0 heterocycles. The smallest absolute Gasteiger partial charge is 0.256 e. The molecule has 2 rings (SSSR count).